The van der Waals surface area contributed by atoms with Crippen molar-refractivity contribution in [3.05, 3.63) is 52.3 Å². The maximum atomic E-state index is 13.8. The van der Waals surface area contributed by atoms with Crippen molar-refractivity contribution in [2.75, 3.05) is 7.11 Å². The number of aryl methyl sites for hydroxylation is 2. The average Bonchev–Trinajstić information content (AvgIpc) is 2.47. The number of hydrogen-bond acceptors (Lipinski definition) is 1. The minimum absolute atomic E-state index is 0.368. The van der Waals surface area contributed by atoms with Crippen molar-refractivity contribution in [3.63, 3.8) is 0 Å². The average molecular weight is 334 g/mol. The summed E-state index contributed by atoms with van der Waals surface area (Å²) in [6, 6.07) is 3.40. The molecular weight excluding hydrogens is 322 g/mol. The van der Waals surface area contributed by atoms with Crippen LogP contribution in [0.1, 0.15) is 11.1 Å². The summed E-state index contributed by atoms with van der Waals surface area (Å²) in [6.07, 6.45) is 0. The topological polar surface area (TPSA) is 9.23 Å². The number of hydrogen-bond donors (Lipinski definition) is 0. The van der Waals surface area contributed by atoms with E-state index in [9.17, 15) is 22.0 Å². The lowest BCUT2D eigenvalue weighted by atomic mass is 10.1. The second-order valence-electron chi connectivity index (χ2n) is 4.73. The van der Waals surface area contributed by atoms with Crippen molar-refractivity contribution in [1.29, 1.82) is 0 Å². The lowest BCUT2D eigenvalue weighted by Crippen LogP contribution is -2.20. The Hall–Kier alpha value is -1.68. The fraction of sp³-hybridized carbons (Fsp3) is 0.200. The summed E-state index contributed by atoms with van der Waals surface area (Å²) < 4.78 is 72.3. The first-order valence-corrected chi connectivity index (χ1v) is 7.21. The highest BCUT2D eigenvalue weighted by molar-refractivity contribution is 7.55. The van der Waals surface area contributed by atoms with Gasteiger partial charge in [-0.15, -0.1) is 0 Å². The van der Waals surface area contributed by atoms with Crippen LogP contribution in [-0.2, 0) is 0 Å². The van der Waals surface area contributed by atoms with E-state index in [1.165, 1.54) is 7.11 Å². The number of ether oxygens (including phenoxy) is 1. The van der Waals surface area contributed by atoms with Crippen LogP contribution >= 0.6 is 8.58 Å². The van der Waals surface area contributed by atoms with Crippen molar-refractivity contribution >= 4 is 19.2 Å². The number of halogens is 5. The normalized spacial score (nSPS) is 11.5. The highest BCUT2D eigenvalue weighted by Gasteiger charge is 2.26. The molecule has 1 unspecified atom stereocenters. The van der Waals surface area contributed by atoms with E-state index < -0.39 is 43.0 Å². The fourth-order valence-corrected chi connectivity index (χ4v) is 3.59. The van der Waals surface area contributed by atoms with Gasteiger partial charge in [-0.1, -0.05) is 6.07 Å². The van der Waals surface area contributed by atoms with Crippen LogP contribution in [0.15, 0.2) is 12.1 Å². The molecule has 0 fully saturated rings. The van der Waals surface area contributed by atoms with E-state index in [1.54, 1.807) is 26.0 Å². The van der Waals surface area contributed by atoms with E-state index in [1.807, 2.05) is 0 Å². The van der Waals surface area contributed by atoms with Crippen LogP contribution in [0.25, 0.3) is 0 Å². The number of benzene rings is 2. The third kappa shape index (κ3) is 2.80. The SMILES string of the molecule is COc1c(C)cc(C)cc1Pc1c(F)c(F)c(F)c(F)c1F. The second-order valence-corrected chi connectivity index (χ2v) is 6.02. The van der Waals surface area contributed by atoms with Gasteiger partial charge in [-0.25, -0.2) is 22.0 Å². The predicted molar refractivity (Wildman–Crippen MR) is 76.3 cm³/mol. The summed E-state index contributed by atoms with van der Waals surface area (Å²) in [5, 5.41) is -0.470. The molecule has 118 valence electrons. The molecule has 0 heterocycles. The number of methoxy groups -OCH3 is 1. The van der Waals surface area contributed by atoms with E-state index in [0.29, 0.717) is 16.6 Å². The van der Waals surface area contributed by atoms with Crippen LogP contribution in [0.5, 0.6) is 5.75 Å². The van der Waals surface area contributed by atoms with Gasteiger partial charge in [0.1, 0.15) is 5.75 Å². The van der Waals surface area contributed by atoms with E-state index in [2.05, 4.69) is 0 Å². The smallest absolute Gasteiger partial charge is 0.200 e. The summed E-state index contributed by atoms with van der Waals surface area (Å²) in [4.78, 5) is 0. The lowest BCUT2D eigenvalue weighted by Gasteiger charge is -2.14. The van der Waals surface area contributed by atoms with Gasteiger partial charge in [0.05, 0.1) is 12.4 Å². The first-order valence-electron chi connectivity index (χ1n) is 6.21. The lowest BCUT2D eigenvalue weighted by molar-refractivity contribution is 0.384. The zero-order valence-corrected chi connectivity index (χ0v) is 13.0. The van der Waals surface area contributed by atoms with E-state index in [0.717, 1.165) is 5.56 Å². The summed E-state index contributed by atoms with van der Waals surface area (Å²) in [7, 11) is 0.619. The summed E-state index contributed by atoms with van der Waals surface area (Å²) in [6.45, 7) is 3.50. The molecule has 0 aromatic heterocycles. The zero-order chi connectivity index (χ0) is 16.6. The van der Waals surface area contributed by atoms with Gasteiger partial charge >= 0.3 is 0 Å². The van der Waals surface area contributed by atoms with Gasteiger partial charge in [-0.05, 0) is 39.6 Å². The first kappa shape index (κ1) is 16.7. The van der Waals surface area contributed by atoms with Crippen molar-refractivity contribution in [2.45, 2.75) is 13.8 Å². The molecule has 1 nitrogen and oxygen atoms in total. The number of rotatable bonds is 3. The molecule has 1 atom stereocenters. The molecule has 0 bridgehead atoms. The van der Waals surface area contributed by atoms with Crippen molar-refractivity contribution < 1.29 is 26.7 Å². The molecule has 2 rings (SSSR count). The Morgan fingerprint density at radius 1 is 0.818 bits per heavy atom. The van der Waals surface area contributed by atoms with Crippen molar-refractivity contribution in [1.82, 2.24) is 0 Å². The molecule has 0 aliphatic carbocycles. The summed E-state index contributed by atoms with van der Waals surface area (Å²) in [5.41, 5.74) is 1.51. The van der Waals surface area contributed by atoms with Crippen molar-refractivity contribution in [3.8, 4) is 5.75 Å². The molecule has 0 radical (unpaired) electrons. The van der Waals surface area contributed by atoms with E-state index >= 15 is 0 Å². The van der Waals surface area contributed by atoms with Gasteiger partial charge in [0.15, 0.2) is 23.3 Å². The molecule has 0 spiro atoms. The van der Waals surface area contributed by atoms with Gasteiger partial charge in [0.2, 0.25) is 5.82 Å². The van der Waals surface area contributed by atoms with Crippen LogP contribution < -0.4 is 15.3 Å². The van der Waals surface area contributed by atoms with Gasteiger partial charge < -0.3 is 4.74 Å². The van der Waals surface area contributed by atoms with Gasteiger partial charge in [0, 0.05) is 5.30 Å². The van der Waals surface area contributed by atoms with Gasteiger partial charge in [-0.3, -0.25) is 0 Å². The molecule has 22 heavy (non-hydrogen) atoms. The van der Waals surface area contributed by atoms with Crippen molar-refractivity contribution in [2.24, 2.45) is 0 Å². The largest absolute Gasteiger partial charge is 0.496 e. The third-order valence-electron chi connectivity index (χ3n) is 3.09. The quantitative estimate of drug-likeness (QED) is 0.360. The highest BCUT2D eigenvalue weighted by Crippen LogP contribution is 2.28. The molecule has 0 N–H and O–H groups in total. The van der Waals surface area contributed by atoms with Crippen LogP contribution in [0.4, 0.5) is 22.0 Å². The van der Waals surface area contributed by atoms with E-state index in [-0.39, 0.29) is 0 Å². The third-order valence-corrected chi connectivity index (χ3v) is 4.42. The Balaban J connectivity index is 2.62. The molecule has 0 saturated carbocycles. The molecule has 0 saturated heterocycles. The predicted octanol–water partition coefficient (Wildman–Crippen LogP) is 3.64. The Morgan fingerprint density at radius 2 is 1.32 bits per heavy atom. The first-order chi connectivity index (χ1) is 10.3. The Bertz CT molecular complexity index is 716. The molecule has 2 aromatic rings. The molecule has 0 aliphatic heterocycles. The fourth-order valence-electron chi connectivity index (χ4n) is 2.17. The minimum atomic E-state index is -2.16. The second kappa shape index (κ2) is 6.21. The highest BCUT2D eigenvalue weighted by atomic mass is 31.1. The Labute approximate surface area is 125 Å². The standard InChI is InChI=1S/C15H12F5OP/c1-6-4-7(2)14(21-3)8(5-6)22-15-12(19)10(17)9(16)11(18)13(15)20/h4-5,22H,1-3H3. The van der Waals surface area contributed by atoms with Gasteiger partial charge in [-0.2, -0.15) is 0 Å². The van der Waals surface area contributed by atoms with E-state index in [4.69, 9.17) is 4.74 Å². The van der Waals surface area contributed by atoms with Crippen LogP contribution in [0.2, 0.25) is 0 Å². The summed E-state index contributed by atoms with van der Waals surface area (Å²) >= 11 is 0. The molecule has 0 aliphatic rings. The molecule has 7 heteroatoms. The van der Waals surface area contributed by atoms with Gasteiger partial charge in [0.25, 0.3) is 0 Å². The van der Waals surface area contributed by atoms with Crippen LogP contribution in [-0.4, -0.2) is 7.11 Å². The Kier molecular flexibility index (Phi) is 4.71. The van der Waals surface area contributed by atoms with Crippen LogP contribution in [0, 0.1) is 42.9 Å². The minimum Gasteiger partial charge on any atom is -0.496 e. The maximum absolute atomic E-state index is 13.8. The molecular formula is C15H12F5OP. The van der Waals surface area contributed by atoms with Crippen LogP contribution in [0.3, 0.4) is 0 Å². The Morgan fingerprint density at radius 3 is 1.82 bits per heavy atom. The maximum Gasteiger partial charge on any atom is 0.200 e. The molecule has 0 amide bonds. The summed E-state index contributed by atoms with van der Waals surface area (Å²) in [5.74, 6) is -9.29. The zero-order valence-electron chi connectivity index (χ0n) is 12.0. The molecule has 2 aromatic carbocycles. The monoisotopic (exact) mass is 334 g/mol.